The molecule has 2 rings (SSSR count). The van der Waals surface area contributed by atoms with Crippen molar-refractivity contribution in [2.75, 3.05) is 5.75 Å². The summed E-state index contributed by atoms with van der Waals surface area (Å²) in [6, 6.07) is 0. The van der Waals surface area contributed by atoms with Crippen molar-refractivity contribution in [1.29, 1.82) is 0 Å². The minimum Gasteiger partial charge on any atom is -0.308 e. The fourth-order valence-electron chi connectivity index (χ4n) is 1.50. The van der Waals surface area contributed by atoms with Gasteiger partial charge in [0.25, 0.3) is 0 Å². The number of carbonyl (C=O) groups excluding carboxylic acids is 1. The van der Waals surface area contributed by atoms with Gasteiger partial charge in [0.1, 0.15) is 6.54 Å². The fourth-order valence-corrected chi connectivity index (χ4v) is 2.38. The van der Waals surface area contributed by atoms with Crippen molar-refractivity contribution < 1.29 is 4.79 Å². The van der Waals surface area contributed by atoms with E-state index in [1.807, 2.05) is 18.5 Å². The van der Waals surface area contributed by atoms with Crippen LogP contribution in [0.3, 0.4) is 0 Å². The van der Waals surface area contributed by atoms with E-state index in [9.17, 15) is 4.79 Å². The molecule has 0 aliphatic heterocycles. The molecule has 0 saturated carbocycles. The third-order valence-electron chi connectivity index (χ3n) is 2.75. The maximum Gasteiger partial charge on any atom is 0.244 e. The molecule has 0 aromatic carbocycles. The Balaban J connectivity index is 2.09. The molecular weight excluding hydrogens is 302 g/mol. The molecule has 0 fully saturated rings. The van der Waals surface area contributed by atoms with Crippen LogP contribution < -0.4 is 11.3 Å². The summed E-state index contributed by atoms with van der Waals surface area (Å²) in [6.45, 7) is 2.35. The number of nitrogens with zero attached hydrogens (tertiary/aromatic N) is 5. The van der Waals surface area contributed by atoms with Crippen LogP contribution in [0.2, 0.25) is 5.02 Å². The van der Waals surface area contributed by atoms with E-state index in [0.29, 0.717) is 16.7 Å². The third kappa shape index (κ3) is 3.11. The summed E-state index contributed by atoms with van der Waals surface area (Å²) < 4.78 is 3.55. The number of carbonyl (C=O) groups is 1. The van der Waals surface area contributed by atoms with Crippen LogP contribution in [0.4, 0.5) is 0 Å². The summed E-state index contributed by atoms with van der Waals surface area (Å²) in [4.78, 5) is 11.1. The summed E-state index contributed by atoms with van der Waals surface area (Å²) in [5.41, 5.74) is 2.93. The zero-order valence-corrected chi connectivity index (χ0v) is 12.6. The van der Waals surface area contributed by atoms with Crippen LogP contribution in [-0.2, 0) is 18.4 Å². The third-order valence-corrected chi connectivity index (χ3v) is 4.14. The van der Waals surface area contributed by atoms with E-state index in [2.05, 4.69) is 20.7 Å². The lowest BCUT2D eigenvalue weighted by atomic mass is 10.4. The second-order valence-corrected chi connectivity index (χ2v) is 5.40. The van der Waals surface area contributed by atoms with E-state index in [0.717, 1.165) is 11.5 Å². The summed E-state index contributed by atoms with van der Waals surface area (Å²) in [7, 11) is 1.83. The molecule has 8 nitrogen and oxygen atoms in total. The number of hydrogen-bond donors (Lipinski definition) is 2. The summed E-state index contributed by atoms with van der Waals surface area (Å²) >= 11 is 7.22. The highest BCUT2D eigenvalue weighted by molar-refractivity contribution is 7.99. The zero-order valence-electron chi connectivity index (χ0n) is 11.0. The molecule has 0 saturated heterocycles. The van der Waals surface area contributed by atoms with Gasteiger partial charge in [-0.3, -0.25) is 14.9 Å². The molecule has 2 heterocycles. The number of hydrazine groups is 1. The molecule has 0 bridgehead atoms. The molecule has 2 aromatic heterocycles. The molecule has 0 radical (unpaired) electrons. The molecule has 0 aliphatic carbocycles. The lowest BCUT2D eigenvalue weighted by Crippen LogP contribution is -2.31. The second-order valence-electron chi connectivity index (χ2n) is 4.05. The maximum atomic E-state index is 11.1. The zero-order chi connectivity index (χ0) is 14.7. The first-order chi connectivity index (χ1) is 9.52. The number of nitrogens with two attached hydrogens (primary N) is 1. The first-order valence-electron chi connectivity index (χ1n) is 5.71. The van der Waals surface area contributed by atoms with Crippen molar-refractivity contribution in [2.24, 2.45) is 12.9 Å². The minimum atomic E-state index is -0.269. The van der Waals surface area contributed by atoms with E-state index in [1.54, 1.807) is 10.9 Å². The van der Waals surface area contributed by atoms with Gasteiger partial charge < -0.3 is 4.57 Å². The summed E-state index contributed by atoms with van der Waals surface area (Å²) in [5, 5.41) is 13.5. The van der Waals surface area contributed by atoms with Crippen molar-refractivity contribution >= 4 is 29.3 Å². The Hall–Kier alpha value is -1.58. The molecule has 108 valence electrons. The molecule has 10 heteroatoms. The normalized spacial score (nSPS) is 10.8. The molecule has 0 spiro atoms. The van der Waals surface area contributed by atoms with Crippen molar-refractivity contribution in [3.05, 3.63) is 22.7 Å². The molecule has 3 N–H and O–H groups in total. The number of thioether (sulfide) groups is 1. The van der Waals surface area contributed by atoms with Crippen molar-refractivity contribution in [3.8, 4) is 0 Å². The molecule has 0 aliphatic rings. The van der Waals surface area contributed by atoms with Crippen LogP contribution >= 0.6 is 23.4 Å². The highest BCUT2D eigenvalue weighted by Crippen LogP contribution is 2.17. The Morgan fingerprint density at radius 1 is 1.55 bits per heavy atom. The highest BCUT2D eigenvalue weighted by Gasteiger charge is 2.13. The fraction of sp³-hybridized carbons (Fsp3) is 0.400. The minimum absolute atomic E-state index is 0.190. The first kappa shape index (κ1) is 14.8. The largest absolute Gasteiger partial charge is 0.308 e. The van der Waals surface area contributed by atoms with E-state index < -0.39 is 0 Å². The molecule has 2 aromatic rings. The topological polar surface area (TPSA) is 104 Å². The van der Waals surface area contributed by atoms with Gasteiger partial charge in [-0.05, 0) is 6.92 Å². The van der Waals surface area contributed by atoms with Crippen molar-refractivity contribution in [1.82, 2.24) is 30.0 Å². The number of hydrogen-bond acceptors (Lipinski definition) is 6. The number of amides is 1. The van der Waals surface area contributed by atoms with Crippen LogP contribution in [0.1, 0.15) is 11.5 Å². The lowest BCUT2D eigenvalue weighted by molar-refractivity contribution is -0.118. The van der Waals surface area contributed by atoms with Crippen LogP contribution in [-0.4, -0.2) is 36.2 Å². The van der Waals surface area contributed by atoms with Gasteiger partial charge in [-0.2, -0.15) is 5.10 Å². The van der Waals surface area contributed by atoms with Gasteiger partial charge in [-0.1, -0.05) is 23.4 Å². The smallest absolute Gasteiger partial charge is 0.244 e. The Labute approximate surface area is 124 Å². The van der Waals surface area contributed by atoms with Gasteiger partial charge in [0.2, 0.25) is 5.91 Å². The average Bonchev–Trinajstić information content (AvgIpc) is 2.94. The molecule has 20 heavy (non-hydrogen) atoms. The number of rotatable bonds is 5. The Kier molecular flexibility index (Phi) is 4.63. The van der Waals surface area contributed by atoms with Gasteiger partial charge in [-0.15, -0.1) is 10.2 Å². The lowest BCUT2D eigenvalue weighted by Gasteiger charge is -2.05. The molecular formula is C10H14ClN7OS. The number of nitrogens with one attached hydrogen (secondary N) is 1. The van der Waals surface area contributed by atoms with Gasteiger partial charge >= 0.3 is 0 Å². The SMILES string of the molecule is Cc1c(Cl)cnn1Cc1nnc(SCC(=O)NN)n1C. The van der Waals surface area contributed by atoms with Crippen LogP contribution in [0.15, 0.2) is 11.4 Å². The number of aromatic nitrogens is 5. The first-order valence-corrected chi connectivity index (χ1v) is 7.07. The quantitative estimate of drug-likeness (QED) is 0.351. The van der Waals surface area contributed by atoms with Crippen LogP contribution in [0.5, 0.6) is 0 Å². The Morgan fingerprint density at radius 2 is 2.30 bits per heavy atom. The maximum absolute atomic E-state index is 11.1. The highest BCUT2D eigenvalue weighted by atomic mass is 35.5. The van der Waals surface area contributed by atoms with Gasteiger partial charge in [0, 0.05) is 7.05 Å². The number of halogens is 1. The predicted octanol–water partition coefficient (Wildman–Crippen LogP) is 0.104. The Bertz CT molecular complexity index is 623. The monoisotopic (exact) mass is 315 g/mol. The van der Waals surface area contributed by atoms with Crippen LogP contribution in [0.25, 0.3) is 0 Å². The van der Waals surface area contributed by atoms with E-state index in [1.165, 1.54) is 11.8 Å². The molecule has 1 amide bonds. The van der Waals surface area contributed by atoms with E-state index in [-0.39, 0.29) is 11.7 Å². The average molecular weight is 316 g/mol. The van der Waals surface area contributed by atoms with E-state index in [4.69, 9.17) is 17.4 Å². The Morgan fingerprint density at radius 3 is 2.90 bits per heavy atom. The summed E-state index contributed by atoms with van der Waals surface area (Å²) in [6.07, 6.45) is 1.59. The van der Waals surface area contributed by atoms with Gasteiger partial charge in [-0.25, -0.2) is 5.84 Å². The van der Waals surface area contributed by atoms with Crippen molar-refractivity contribution in [2.45, 2.75) is 18.6 Å². The van der Waals surface area contributed by atoms with E-state index >= 15 is 0 Å². The van der Waals surface area contributed by atoms with Gasteiger partial charge in [0.05, 0.1) is 22.7 Å². The summed E-state index contributed by atoms with van der Waals surface area (Å²) in [5.74, 6) is 5.67. The van der Waals surface area contributed by atoms with Crippen LogP contribution in [0, 0.1) is 6.92 Å². The molecule has 0 atom stereocenters. The second kappa shape index (κ2) is 6.25. The van der Waals surface area contributed by atoms with Gasteiger partial charge in [0.15, 0.2) is 11.0 Å². The van der Waals surface area contributed by atoms with Crippen molar-refractivity contribution in [3.63, 3.8) is 0 Å². The standard InChI is InChI=1S/C10H14ClN7OS/c1-6-7(11)3-13-18(6)4-8-15-16-10(17(8)2)20-5-9(19)14-12/h3H,4-5,12H2,1-2H3,(H,14,19). The molecule has 0 unspecified atom stereocenters. The predicted molar refractivity (Wildman–Crippen MR) is 75.1 cm³/mol.